The van der Waals surface area contributed by atoms with Crippen LogP contribution in [0.3, 0.4) is 0 Å². The molecule has 5 heteroatoms. The fraction of sp³-hybridized carbons (Fsp3) is 0.500. The number of rotatable bonds is 6. The Kier molecular flexibility index (Phi) is 11.6. The molecule has 1 rings (SSSR count). The molecule has 5 N–H and O–H groups in total. The minimum absolute atomic E-state index is 0. The Hall–Kier alpha value is -0.640. The molecule has 0 fully saturated rings. The summed E-state index contributed by atoms with van der Waals surface area (Å²) in [6, 6.07) is 5.62. The predicted octanol–water partition coefficient (Wildman–Crippen LogP) is 2.97. The molecule has 0 saturated carbocycles. The maximum atomic E-state index is 5.83. The van der Waals surface area contributed by atoms with Crippen molar-refractivity contribution in [1.29, 1.82) is 0 Å². The second kappa shape index (κ2) is 10.5. The van der Waals surface area contributed by atoms with Crippen LogP contribution in [-0.2, 0) is 6.54 Å². The predicted molar refractivity (Wildman–Crippen MR) is 81.0 cm³/mol. The molecular formula is C12H23Cl2N3. The molecular weight excluding hydrogens is 257 g/mol. The Balaban J connectivity index is 0. The Morgan fingerprint density at radius 2 is 1.82 bits per heavy atom. The number of anilines is 2. The van der Waals surface area contributed by atoms with Gasteiger partial charge in [0.2, 0.25) is 0 Å². The van der Waals surface area contributed by atoms with E-state index in [2.05, 4.69) is 12.2 Å². The van der Waals surface area contributed by atoms with E-state index in [1.54, 1.807) is 0 Å². The van der Waals surface area contributed by atoms with E-state index >= 15 is 0 Å². The van der Waals surface area contributed by atoms with Gasteiger partial charge in [0, 0.05) is 17.9 Å². The highest BCUT2D eigenvalue weighted by Crippen LogP contribution is 2.14. The molecule has 0 spiro atoms. The second-order valence-electron chi connectivity index (χ2n) is 3.84. The van der Waals surface area contributed by atoms with E-state index < -0.39 is 0 Å². The third-order valence-corrected chi connectivity index (χ3v) is 2.44. The second-order valence-corrected chi connectivity index (χ2v) is 3.84. The molecule has 0 saturated heterocycles. The molecule has 100 valence electrons. The molecule has 0 aromatic heterocycles. The van der Waals surface area contributed by atoms with Crippen molar-refractivity contribution < 1.29 is 0 Å². The summed E-state index contributed by atoms with van der Waals surface area (Å²) in [5.74, 6) is 0. The van der Waals surface area contributed by atoms with Crippen molar-refractivity contribution in [2.45, 2.75) is 32.7 Å². The molecule has 17 heavy (non-hydrogen) atoms. The number of halogens is 2. The van der Waals surface area contributed by atoms with Crippen LogP contribution in [0.25, 0.3) is 0 Å². The van der Waals surface area contributed by atoms with Crippen LogP contribution in [0, 0.1) is 0 Å². The van der Waals surface area contributed by atoms with Gasteiger partial charge in [-0.25, -0.2) is 0 Å². The zero-order valence-corrected chi connectivity index (χ0v) is 11.9. The first-order chi connectivity index (χ1) is 7.24. The van der Waals surface area contributed by atoms with Crippen LogP contribution in [0.15, 0.2) is 18.2 Å². The molecule has 0 amide bonds. The Morgan fingerprint density at radius 1 is 1.12 bits per heavy atom. The lowest BCUT2D eigenvalue weighted by Gasteiger charge is -2.08. The summed E-state index contributed by atoms with van der Waals surface area (Å²) in [4.78, 5) is 0. The first kappa shape index (κ1) is 18.7. The lowest BCUT2D eigenvalue weighted by molar-refractivity contribution is 0.617. The number of nitrogen functional groups attached to an aromatic ring is 2. The van der Waals surface area contributed by atoms with Crippen molar-refractivity contribution in [1.82, 2.24) is 5.32 Å². The van der Waals surface area contributed by atoms with Gasteiger partial charge in [0.1, 0.15) is 0 Å². The van der Waals surface area contributed by atoms with Gasteiger partial charge in [-0.2, -0.15) is 0 Å². The smallest absolute Gasteiger partial charge is 0.0361 e. The van der Waals surface area contributed by atoms with Crippen molar-refractivity contribution >= 4 is 36.2 Å². The Bertz CT molecular complexity index is 306. The van der Waals surface area contributed by atoms with Gasteiger partial charge in [-0.15, -0.1) is 24.8 Å². The number of unbranched alkanes of at least 4 members (excludes halogenated alkanes) is 2. The minimum atomic E-state index is 0. The summed E-state index contributed by atoms with van der Waals surface area (Å²) in [5.41, 5.74) is 14.2. The summed E-state index contributed by atoms with van der Waals surface area (Å²) >= 11 is 0. The van der Waals surface area contributed by atoms with Crippen LogP contribution in [0.4, 0.5) is 11.4 Å². The lowest BCUT2D eigenvalue weighted by Crippen LogP contribution is -2.15. The molecule has 1 aromatic rings. The van der Waals surface area contributed by atoms with Gasteiger partial charge in [-0.3, -0.25) is 0 Å². The summed E-state index contributed by atoms with van der Waals surface area (Å²) in [7, 11) is 0. The van der Waals surface area contributed by atoms with E-state index in [9.17, 15) is 0 Å². The zero-order valence-electron chi connectivity index (χ0n) is 10.2. The van der Waals surface area contributed by atoms with Gasteiger partial charge in [0.15, 0.2) is 0 Å². The first-order valence-electron chi connectivity index (χ1n) is 5.58. The quantitative estimate of drug-likeness (QED) is 0.554. The van der Waals surface area contributed by atoms with Crippen LogP contribution in [0.2, 0.25) is 0 Å². The van der Waals surface area contributed by atoms with Crippen LogP contribution >= 0.6 is 24.8 Å². The summed E-state index contributed by atoms with van der Waals surface area (Å²) < 4.78 is 0. The molecule has 0 bridgehead atoms. The number of nitrogens with two attached hydrogens (primary N) is 2. The average Bonchev–Trinajstić information content (AvgIpc) is 2.23. The summed E-state index contributed by atoms with van der Waals surface area (Å²) in [6.07, 6.45) is 3.75. The standard InChI is InChI=1S/C12H21N3.2ClH/c1-2-3-4-7-15-9-10-8-11(13)5-6-12(10)14;;/h5-6,8,15H,2-4,7,9,13-14H2,1H3;2*1H. The Morgan fingerprint density at radius 3 is 2.47 bits per heavy atom. The van der Waals surface area contributed by atoms with Gasteiger partial charge in [0.05, 0.1) is 0 Å². The van der Waals surface area contributed by atoms with E-state index in [-0.39, 0.29) is 24.8 Å². The average molecular weight is 280 g/mol. The van der Waals surface area contributed by atoms with E-state index in [0.29, 0.717) is 0 Å². The van der Waals surface area contributed by atoms with E-state index in [1.807, 2.05) is 18.2 Å². The van der Waals surface area contributed by atoms with Gasteiger partial charge in [0.25, 0.3) is 0 Å². The first-order valence-corrected chi connectivity index (χ1v) is 5.58. The molecule has 0 aliphatic heterocycles. The molecule has 0 atom stereocenters. The molecule has 0 heterocycles. The molecule has 3 nitrogen and oxygen atoms in total. The van der Waals surface area contributed by atoms with E-state index in [4.69, 9.17) is 11.5 Å². The monoisotopic (exact) mass is 279 g/mol. The highest BCUT2D eigenvalue weighted by molar-refractivity contribution is 5.85. The largest absolute Gasteiger partial charge is 0.399 e. The van der Waals surface area contributed by atoms with Gasteiger partial charge < -0.3 is 16.8 Å². The zero-order chi connectivity index (χ0) is 11.1. The fourth-order valence-electron chi connectivity index (χ4n) is 1.50. The maximum Gasteiger partial charge on any atom is 0.0361 e. The normalized spacial score (nSPS) is 9.24. The molecule has 0 unspecified atom stereocenters. The van der Waals surface area contributed by atoms with Gasteiger partial charge in [-0.05, 0) is 36.7 Å². The third kappa shape index (κ3) is 7.31. The molecule has 1 aromatic carbocycles. The van der Waals surface area contributed by atoms with Gasteiger partial charge in [-0.1, -0.05) is 19.8 Å². The van der Waals surface area contributed by atoms with Crippen molar-refractivity contribution in [3.8, 4) is 0 Å². The fourth-order valence-corrected chi connectivity index (χ4v) is 1.50. The van der Waals surface area contributed by atoms with Crippen LogP contribution in [-0.4, -0.2) is 6.54 Å². The Labute approximate surface area is 116 Å². The van der Waals surface area contributed by atoms with Crippen LogP contribution < -0.4 is 16.8 Å². The number of hydrogen-bond acceptors (Lipinski definition) is 3. The van der Waals surface area contributed by atoms with Crippen LogP contribution in [0.5, 0.6) is 0 Å². The third-order valence-electron chi connectivity index (χ3n) is 2.44. The SMILES string of the molecule is CCCCCNCc1cc(N)ccc1N.Cl.Cl. The van der Waals surface area contributed by atoms with Crippen molar-refractivity contribution in [3.05, 3.63) is 23.8 Å². The minimum Gasteiger partial charge on any atom is -0.399 e. The number of nitrogens with one attached hydrogen (secondary N) is 1. The topological polar surface area (TPSA) is 64.1 Å². The molecule has 0 aliphatic rings. The molecule has 0 radical (unpaired) electrons. The van der Waals surface area contributed by atoms with Crippen molar-refractivity contribution in [2.75, 3.05) is 18.0 Å². The van der Waals surface area contributed by atoms with Crippen molar-refractivity contribution in [2.24, 2.45) is 0 Å². The highest BCUT2D eigenvalue weighted by atomic mass is 35.5. The highest BCUT2D eigenvalue weighted by Gasteiger charge is 1.98. The van der Waals surface area contributed by atoms with Crippen molar-refractivity contribution in [3.63, 3.8) is 0 Å². The molecule has 0 aliphatic carbocycles. The summed E-state index contributed by atoms with van der Waals surface area (Å²) in [5, 5.41) is 3.37. The van der Waals surface area contributed by atoms with Gasteiger partial charge >= 0.3 is 0 Å². The maximum absolute atomic E-state index is 5.83. The lowest BCUT2D eigenvalue weighted by atomic mass is 10.1. The van der Waals surface area contributed by atoms with Crippen LogP contribution in [0.1, 0.15) is 31.7 Å². The number of hydrogen-bond donors (Lipinski definition) is 3. The summed E-state index contributed by atoms with van der Waals surface area (Å²) in [6.45, 7) is 4.05. The van der Waals surface area contributed by atoms with E-state index in [0.717, 1.165) is 30.0 Å². The number of benzene rings is 1. The van der Waals surface area contributed by atoms with E-state index in [1.165, 1.54) is 19.3 Å².